The lowest BCUT2D eigenvalue weighted by atomic mass is 10.4. The lowest BCUT2D eigenvalue weighted by Gasteiger charge is -2.24. The molecule has 1 radical (unpaired) electrons. The van der Waals surface area contributed by atoms with Crippen LogP contribution in [0.1, 0.15) is 0 Å². The third kappa shape index (κ3) is 3.20. The first-order chi connectivity index (χ1) is 6.02. The molecule has 1 aliphatic heterocycles. The van der Waals surface area contributed by atoms with Gasteiger partial charge in [0, 0.05) is 20.6 Å². The Morgan fingerprint density at radius 2 is 2.23 bits per heavy atom. The summed E-state index contributed by atoms with van der Waals surface area (Å²) in [5.74, 6) is 0. The molecular formula is C6H14N3O3S. The largest absolute Gasteiger partial charge is 0.377 e. The van der Waals surface area contributed by atoms with Crippen molar-refractivity contribution in [1.29, 1.82) is 0 Å². The van der Waals surface area contributed by atoms with Gasteiger partial charge in [-0.2, -0.15) is 17.4 Å². The molecule has 0 aliphatic carbocycles. The lowest BCUT2D eigenvalue weighted by Crippen LogP contribution is -2.51. The van der Waals surface area contributed by atoms with Crippen LogP contribution in [0.25, 0.3) is 0 Å². The summed E-state index contributed by atoms with van der Waals surface area (Å²) in [4.78, 5) is 0. The molecule has 1 N–H and O–H groups in total. The first-order valence-electron chi connectivity index (χ1n) is 3.96. The Morgan fingerprint density at radius 3 is 2.69 bits per heavy atom. The zero-order chi connectivity index (χ0) is 9.90. The molecule has 1 saturated heterocycles. The minimum atomic E-state index is -3.39. The topological polar surface area (TPSA) is 72.7 Å². The van der Waals surface area contributed by atoms with Gasteiger partial charge in [0.2, 0.25) is 0 Å². The fourth-order valence-corrected chi connectivity index (χ4v) is 1.57. The smallest absolute Gasteiger partial charge is 0.280 e. The van der Waals surface area contributed by atoms with Gasteiger partial charge in [-0.15, -0.1) is 0 Å². The minimum Gasteiger partial charge on any atom is -0.377 e. The highest BCUT2D eigenvalue weighted by molar-refractivity contribution is 7.87. The molecule has 0 bridgehead atoms. The first-order valence-corrected chi connectivity index (χ1v) is 5.40. The third-order valence-electron chi connectivity index (χ3n) is 1.63. The fourth-order valence-electron chi connectivity index (χ4n) is 0.869. The van der Waals surface area contributed by atoms with E-state index in [0.717, 1.165) is 4.31 Å². The van der Waals surface area contributed by atoms with Crippen LogP contribution in [0.4, 0.5) is 0 Å². The van der Waals surface area contributed by atoms with Crippen LogP contribution in [0, 0.1) is 0 Å². The monoisotopic (exact) mass is 208 g/mol. The summed E-state index contributed by atoms with van der Waals surface area (Å²) >= 11 is 0. The van der Waals surface area contributed by atoms with Crippen LogP contribution in [0.15, 0.2) is 0 Å². The first kappa shape index (κ1) is 10.9. The molecule has 1 unspecified atom stereocenters. The Kier molecular flexibility index (Phi) is 3.63. The van der Waals surface area contributed by atoms with Crippen molar-refractivity contribution in [1.82, 2.24) is 14.3 Å². The van der Waals surface area contributed by atoms with E-state index in [0.29, 0.717) is 19.8 Å². The van der Waals surface area contributed by atoms with Gasteiger partial charge in [0.1, 0.15) is 6.17 Å². The molecule has 1 atom stereocenters. The van der Waals surface area contributed by atoms with E-state index in [1.54, 1.807) is 0 Å². The number of ether oxygens (including phenoxy) is 1. The Morgan fingerprint density at radius 1 is 1.54 bits per heavy atom. The Hall–Kier alpha value is -0.210. The predicted molar refractivity (Wildman–Crippen MR) is 47.4 cm³/mol. The van der Waals surface area contributed by atoms with Gasteiger partial charge in [0.25, 0.3) is 10.2 Å². The van der Waals surface area contributed by atoms with E-state index in [1.165, 1.54) is 14.1 Å². The van der Waals surface area contributed by atoms with Crippen LogP contribution in [-0.4, -0.2) is 52.7 Å². The molecule has 1 fully saturated rings. The van der Waals surface area contributed by atoms with Gasteiger partial charge in [-0.3, -0.25) is 0 Å². The van der Waals surface area contributed by atoms with E-state index in [-0.39, 0.29) is 0 Å². The predicted octanol–water partition coefficient (Wildman–Crippen LogP) is -1.66. The minimum absolute atomic E-state index is 0.313. The van der Waals surface area contributed by atoms with E-state index in [1.807, 2.05) is 0 Å². The molecule has 0 amide bonds. The van der Waals surface area contributed by atoms with E-state index in [4.69, 9.17) is 4.74 Å². The molecular weight excluding hydrogens is 194 g/mol. The Bertz CT molecular complexity index is 246. The SMILES string of the molecule is CN(C)S(=O)(=O)NC1COCC[N]1. The Labute approximate surface area is 78.4 Å². The number of morpholine rings is 1. The fraction of sp³-hybridized carbons (Fsp3) is 1.00. The molecule has 0 aromatic carbocycles. The van der Waals surface area contributed by atoms with Crippen molar-refractivity contribution >= 4 is 10.2 Å². The molecule has 0 aromatic heterocycles. The molecule has 1 rings (SSSR count). The van der Waals surface area contributed by atoms with Crippen LogP contribution >= 0.6 is 0 Å². The normalized spacial score (nSPS) is 25.0. The Balaban J connectivity index is 2.47. The van der Waals surface area contributed by atoms with Crippen molar-refractivity contribution < 1.29 is 13.2 Å². The van der Waals surface area contributed by atoms with Crippen molar-refractivity contribution in [2.24, 2.45) is 0 Å². The van der Waals surface area contributed by atoms with Crippen molar-refractivity contribution in [2.75, 3.05) is 33.9 Å². The molecule has 1 heterocycles. The number of hydrogen-bond donors (Lipinski definition) is 1. The summed E-state index contributed by atoms with van der Waals surface area (Å²) < 4.78 is 31.2. The molecule has 1 aliphatic rings. The summed E-state index contributed by atoms with van der Waals surface area (Å²) in [5, 5.41) is 4.06. The lowest BCUT2D eigenvalue weighted by molar-refractivity contribution is 0.0707. The number of rotatable bonds is 3. The maximum Gasteiger partial charge on any atom is 0.280 e. The molecule has 0 spiro atoms. The molecule has 13 heavy (non-hydrogen) atoms. The number of nitrogens with zero attached hydrogens (tertiary/aromatic N) is 2. The van der Waals surface area contributed by atoms with E-state index < -0.39 is 16.4 Å². The molecule has 6 nitrogen and oxygen atoms in total. The third-order valence-corrected chi connectivity index (χ3v) is 3.16. The molecule has 7 heteroatoms. The van der Waals surface area contributed by atoms with Gasteiger partial charge in [-0.1, -0.05) is 0 Å². The van der Waals surface area contributed by atoms with Crippen LogP contribution in [-0.2, 0) is 14.9 Å². The van der Waals surface area contributed by atoms with Gasteiger partial charge in [0.15, 0.2) is 0 Å². The standard InChI is InChI=1S/C6H14N3O3S/c1-9(2)13(10,11)8-6-5-12-4-3-7-6/h6,8H,3-5H2,1-2H3. The second-order valence-corrected chi connectivity index (χ2v) is 4.82. The van der Waals surface area contributed by atoms with Crippen LogP contribution < -0.4 is 10.0 Å². The van der Waals surface area contributed by atoms with Crippen molar-refractivity contribution in [3.63, 3.8) is 0 Å². The summed E-state index contributed by atoms with van der Waals surface area (Å²) in [6.07, 6.45) is -0.443. The molecule has 0 aromatic rings. The molecule has 0 saturated carbocycles. The van der Waals surface area contributed by atoms with Crippen LogP contribution in [0.3, 0.4) is 0 Å². The summed E-state index contributed by atoms with van der Waals surface area (Å²) in [6, 6.07) is 0. The second-order valence-electron chi connectivity index (χ2n) is 2.90. The summed E-state index contributed by atoms with van der Waals surface area (Å²) in [7, 11) is -0.460. The van der Waals surface area contributed by atoms with Gasteiger partial charge < -0.3 is 4.74 Å². The zero-order valence-electron chi connectivity index (χ0n) is 7.73. The summed E-state index contributed by atoms with van der Waals surface area (Å²) in [6.45, 7) is 1.42. The van der Waals surface area contributed by atoms with Crippen LogP contribution in [0.2, 0.25) is 0 Å². The number of nitrogens with one attached hydrogen (secondary N) is 1. The van der Waals surface area contributed by atoms with Crippen molar-refractivity contribution in [2.45, 2.75) is 6.17 Å². The maximum absolute atomic E-state index is 11.3. The maximum atomic E-state index is 11.3. The highest BCUT2D eigenvalue weighted by Gasteiger charge is 2.22. The zero-order valence-corrected chi connectivity index (χ0v) is 8.54. The van der Waals surface area contributed by atoms with Gasteiger partial charge in [-0.25, -0.2) is 5.32 Å². The van der Waals surface area contributed by atoms with Gasteiger partial charge >= 0.3 is 0 Å². The van der Waals surface area contributed by atoms with Crippen molar-refractivity contribution in [3.05, 3.63) is 0 Å². The van der Waals surface area contributed by atoms with Gasteiger partial charge in [0.05, 0.1) is 13.2 Å². The highest BCUT2D eigenvalue weighted by atomic mass is 32.2. The number of hydrogen-bond acceptors (Lipinski definition) is 3. The molecule has 77 valence electrons. The van der Waals surface area contributed by atoms with Crippen LogP contribution in [0.5, 0.6) is 0 Å². The average Bonchev–Trinajstić information content (AvgIpc) is 2.05. The average molecular weight is 208 g/mol. The second kappa shape index (κ2) is 4.34. The van der Waals surface area contributed by atoms with Gasteiger partial charge in [-0.05, 0) is 0 Å². The summed E-state index contributed by atoms with van der Waals surface area (Å²) in [5.41, 5.74) is 0. The van der Waals surface area contributed by atoms with E-state index in [9.17, 15) is 8.42 Å². The quantitative estimate of drug-likeness (QED) is 0.603. The highest BCUT2D eigenvalue weighted by Crippen LogP contribution is 1.96. The van der Waals surface area contributed by atoms with Crippen molar-refractivity contribution in [3.8, 4) is 0 Å². The van der Waals surface area contributed by atoms with E-state index >= 15 is 0 Å². The van der Waals surface area contributed by atoms with E-state index in [2.05, 4.69) is 10.0 Å².